The summed E-state index contributed by atoms with van der Waals surface area (Å²) in [6, 6.07) is 91.3. The smallest absolute Gasteiger partial charge is 0.166 e. The Morgan fingerprint density at radius 2 is 0.643 bits per heavy atom. The van der Waals surface area contributed by atoms with E-state index in [0.29, 0.717) is 45.3 Å². The molecule has 0 bridgehead atoms. The lowest BCUT2D eigenvalue weighted by Gasteiger charge is -2.19. The molecule has 3 heterocycles. The molecule has 0 amide bonds. The van der Waals surface area contributed by atoms with Gasteiger partial charge in [0.05, 0.1) is 91.6 Å². The van der Waals surface area contributed by atoms with Gasteiger partial charge in [-0.25, -0.2) is 15.0 Å². The van der Waals surface area contributed by atoms with Crippen LogP contribution in [0.15, 0.2) is 243 Å². The monoisotopic (exact) mass is 1070 g/mol. The first-order chi connectivity index (χ1) is 41.4. The van der Waals surface area contributed by atoms with Crippen molar-refractivity contribution >= 4 is 43.6 Å². The van der Waals surface area contributed by atoms with E-state index in [1.807, 2.05) is 133 Å². The maximum atomic E-state index is 10.3. The van der Waals surface area contributed by atoms with Crippen molar-refractivity contribution in [3.63, 3.8) is 0 Å². The lowest BCUT2D eigenvalue weighted by atomic mass is 9.94. The van der Waals surface area contributed by atoms with Crippen molar-refractivity contribution in [2.75, 3.05) is 0 Å². The Morgan fingerprint density at radius 3 is 1.14 bits per heavy atom. The molecular weight excluding hydrogens is 1030 g/mol. The lowest BCUT2D eigenvalue weighted by molar-refractivity contribution is 1.06. The largest absolute Gasteiger partial charge is 0.309 e. The van der Waals surface area contributed by atoms with Crippen molar-refractivity contribution in [1.29, 1.82) is 26.3 Å². The molecule has 0 saturated heterocycles. The molecule has 10 heteroatoms. The second kappa shape index (κ2) is 20.6. The standard InChI is InChI=1S/C74H40N10/c75-41-46-19-23-49(24-20-46)52-25-31-68(83-66-17-9-7-15-60(66)63-38-53(26-32-69(63)83)58-29-21-47(42-76)35-56(58)44-78)62(37-52)55-28-34-71(65(40-55)74-81-72(50-11-3-1-4-12-50)80-73(82-74)51-13-5-2-6-14-51)84-67-18-10-8-16-61(67)64-39-54(27-33-70(64)84)59-30-22-48(43-77)36-57(59)45-79/h1-40H. The summed E-state index contributed by atoms with van der Waals surface area (Å²) in [6.07, 6.45) is 0. The first-order valence-corrected chi connectivity index (χ1v) is 27.0. The van der Waals surface area contributed by atoms with Gasteiger partial charge in [0.2, 0.25) is 0 Å². The first-order valence-electron chi connectivity index (χ1n) is 27.0. The molecular formula is C74H40N10. The Bertz CT molecular complexity index is 5190. The number of hydrogen-bond acceptors (Lipinski definition) is 8. The number of rotatable bonds is 9. The fourth-order valence-electron chi connectivity index (χ4n) is 11.6. The molecule has 14 rings (SSSR count). The van der Waals surface area contributed by atoms with Crippen molar-refractivity contribution in [1.82, 2.24) is 24.1 Å². The van der Waals surface area contributed by atoms with Gasteiger partial charge >= 0.3 is 0 Å². The van der Waals surface area contributed by atoms with Crippen LogP contribution in [0.4, 0.5) is 0 Å². The Kier molecular flexibility index (Phi) is 12.2. The van der Waals surface area contributed by atoms with Crippen molar-refractivity contribution in [2.45, 2.75) is 0 Å². The lowest BCUT2D eigenvalue weighted by Crippen LogP contribution is -2.04. The van der Waals surface area contributed by atoms with Gasteiger partial charge in [-0.05, 0) is 136 Å². The van der Waals surface area contributed by atoms with E-state index in [4.69, 9.17) is 15.0 Å². The van der Waals surface area contributed by atoms with Crippen molar-refractivity contribution in [3.8, 4) is 120 Å². The Balaban J connectivity index is 1.05. The van der Waals surface area contributed by atoms with Gasteiger partial charge in [-0.1, -0.05) is 146 Å². The van der Waals surface area contributed by atoms with Crippen LogP contribution in [0.5, 0.6) is 0 Å². The predicted molar refractivity (Wildman–Crippen MR) is 330 cm³/mol. The number of hydrogen-bond donors (Lipinski definition) is 0. The summed E-state index contributed by atoms with van der Waals surface area (Å²) in [5, 5.41) is 53.7. The Morgan fingerprint density at radius 1 is 0.250 bits per heavy atom. The summed E-state index contributed by atoms with van der Waals surface area (Å²) in [6.45, 7) is 0. The normalized spacial score (nSPS) is 11.0. The molecule has 0 aliphatic carbocycles. The molecule has 84 heavy (non-hydrogen) atoms. The van der Waals surface area contributed by atoms with Gasteiger partial charge in [-0.2, -0.15) is 26.3 Å². The minimum atomic E-state index is 0.416. The highest BCUT2D eigenvalue weighted by atomic mass is 15.1. The summed E-state index contributed by atoms with van der Waals surface area (Å²) < 4.78 is 4.56. The molecule has 0 N–H and O–H groups in total. The van der Waals surface area contributed by atoms with Crippen LogP contribution in [0.2, 0.25) is 0 Å². The van der Waals surface area contributed by atoms with E-state index in [9.17, 15) is 26.3 Å². The van der Waals surface area contributed by atoms with Crippen LogP contribution < -0.4 is 0 Å². The zero-order valence-electron chi connectivity index (χ0n) is 44.6. The highest BCUT2D eigenvalue weighted by Crippen LogP contribution is 2.44. The molecule has 3 aromatic heterocycles. The number of nitrogens with zero attached hydrogens (tertiary/aromatic N) is 10. The van der Waals surface area contributed by atoms with E-state index >= 15 is 0 Å². The Labute approximate surface area is 482 Å². The van der Waals surface area contributed by atoms with Gasteiger partial charge in [0, 0.05) is 43.8 Å². The molecule has 0 saturated carbocycles. The molecule has 14 aromatic rings. The van der Waals surface area contributed by atoms with Crippen molar-refractivity contribution < 1.29 is 0 Å². The number of fused-ring (bicyclic) bond motifs is 6. The molecule has 0 aliphatic rings. The van der Waals surface area contributed by atoms with Gasteiger partial charge in [0.25, 0.3) is 0 Å². The molecule has 386 valence electrons. The number of para-hydroxylation sites is 2. The van der Waals surface area contributed by atoms with E-state index in [1.165, 1.54) is 0 Å². The van der Waals surface area contributed by atoms with Crippen LogP contribution in [0.25, 0.3) is 134 Å². The Hall–Kier alpha value is -12.5. The molecule has 0 radical (unpaired) electrons. The average Bonchev–Trinajstić information content (AvgIpc) is 2.57. The van der Waals surface area contributed by atoms with Crippen LogP contribution in [0.3, 0.4) is 0 Å². The third-order valence-corrected chi connectivity index (χ3v) is 15.6. The van der Waals surface area contributed by atoms with Crippen LogP contribution in [-0.4, -0.2) is 24.1 Å². The molecule has 11 aromatic carbocycles. The highest BCUT2D eigenvalue weighted by molar-refractivity contribution is 6.13. The molecule has 0 fully saturated rings. The zero-order chi connectivity index (χ0) is 56.8. The van der Waals surface area contributed by atoms with E-state index in [-0.39, 0.29) is 0 Å². The second-order valence-electron chi connectivity index (χ2n) is 20.3. The number of nitriles is 5. The third-order valence-electron chi connectivity index (χ3n) is 15.6. The molecule has 0 atom stereocenters. The van der Waals surface area contributed by atoms with Crippen LogP contribution in [0, 0.1) is 56.7 Å². The molecule has 0 spiro atoms. The van der Waals surface area contributed by atoms with E-state index in [1.54, 1.807) is 24.3 Å². The van der Waals surface area contributed by atoms with Gasteiger partial charge in [0.15, 0.2) is 17.5 Å². The zero-order valence-corrected chi connectivity index (χ0v) is 44.6. The minimum absolute atomic E-state index is 0.416. The highest BCUT2D eigenvalue weighted by Gasteiger charge is 2.24. The average molecular weight is 1070 g/mol. The van der Waals surface area contributed by atoms with E-state index < -0.39 is 0 Å². The van der Waals surface area contributed by atoms with Gasteiger partial charge in [0.1, 0.15) is 0 Å². The maximum absolute atomic E-state index is 10.3. The quantitative estimate of drug-likeness (QED) is 0.138. The van der Waals surface area contributed by atoms with Crippen molar-refractivity contribution in [2.24, 2.45) is 0 Å². The summed E-state index contributed by atoms with van der Waals surface area (Å²) in [5.74, 6) is 1.47. The summed E-state index contributed by atoms with van der Waals surface area (Å²) in [5.41, 5.74) is 16.9. The topological polar surface area (TPSA) is 167 Å². The second-order valence-corrected chi connectivity index (χ2v) is 20.3. The maximum Gasteiger partial charge on any atom is 0.166 e. The molecule has 10 nitrogen and oxygen atoms in total. The van der Waals surface area contributed by atoms with Gasteiger partial charge < -0.3 is 9.13 Å². The fraction of sp³-hybridized carbons (Fsp3) is 0. The SMILES string of the molecule is N#Cc1ccc(-c2ccc(-n3c4ccccc4c4cc(-c5ccc(C#N)cc5C#N)ccc43)c(-c3ccc(-n4c5ccccc5c5cc(-c6ccc(C#N)cc6C#N)ccc54)c(-c4nc(-c5ccccc5)nc(-c5ccccc5)n4)c3)c2)cc1. The molecule has 0 unspecified atom stereocenters. The van der Waals surface area contributed by atoms with E-state index in [2.05, 4.69) is 124 Å². The molecule has 0 aliphatic heterocycles. The van der Waals surface area contributed by atoms with Crippen LogP contribution in [-0.2, 0) is 0 Å². The van der Waals surface area contributed by atoms with Crippen LogP contribution in [0.1, 0.15) is 27.8 Å². The van der Waals surface area contributed by atoms with Crippen molar-refractivity contribution in [3.05, 3.63) is 270 Å². The first kappa shape index (κ1) is 49.8. The minimum Gasteiger partial charge on any atom is -0.309 e. The van der Waals surface area contributed by atoms with E-state index in [0.717, 1.165) is 116 Å². The van der Waals surface area contributed by atoms with Gasteiger partial charge in [-0.15, -0.1) is 0 Å². The van der Waals surface area contributed by atoms with Crippen LogP contribution >= 0.6 is 0 Å². The summed E-state index contributed by atoms with van der Waals surface area (Å²) in [4.78, 5) is 15.9. The summed E-state index contributed by atoms with van der Waals surface area (Å²) in [7, 11) is 0. The third kappa shape index (κ3) is 8.53. The number of benzene rings is 11. The predicted octanol–water partition coefficient (Wildman–Crippen LogP) is 17.1. The summed E-state index contributed by atoms with van der Waals surface area (Å²) >= 11 is 0. The fourth-order valence-corrected chi connectivity index (χ4v) is 11.6. The van der Waals surface area contributed by atoms with Gasteiger partial charge in [-0.3, -0.25) is 0 Å². The number of aromatic nitrogens is 5.